The van der Waals surface area contributed by atoms with Crippen LogP contribution in [-0.2, 0) is 9.59 Å². The lowest BCUT2D eigenvalue weighted by Gasteiger charge is -2.22. The summed E-state index contributed by atoms with van der Waals surface area (Å²) in [6.07, 6.45) is 1.53. The Hall–Kier alpha value is -0.710. The van der Waals surface area contributed by atoms with Gasteiger partial charge in [0.2, 0.25) is 5.91 Å². The second-order valence-corrected chi connectivity index (χ2v) is 6.09. The third-order valence-corrected chi connectivity index (χ3v) is 4.74. The fourth-order valence-electron chi connectivity index (χ4n) is 2.31. The van der Waals surface area contributed by atoms with Crippen molar-refractivity contribution in [2.75, 3.05) is 24.6 Å². The zero-order valence-electron chi connectivity index (χ0n) is 9.44. The molecule has 2 heterocycles. The summed E-state index contributed by atoms with van der Waals surface area (Å²) >= 11 is 1.81. The van der Waals surface area contributed by atoms with E-state index < -0.39 is 11.4 Å². The summed E-state index contributed by atoms with van der Waals surface area (Å²) in [5.41, 5.74) is -0.735. The number of carbonyl (C=O) groups is 2. The van der Waals surface area contributed by atoms with E-state index in [-0.39, 0.29) is 11.8 Å². The molecule has 2 unspecified atom stereocenters. The summed E-state index contributed by atoms with van der Waals surface area (Å²) in [5.74, 6) is 1.46. The van der Waals surface area contributed by atoms with Gasteiger partial charge < -0.3 is 10.0 Å². The van der Waals surface area contributed by atoms with Crippen molar-refractivity contribution in [3.63, 3.8) is 0 Å². The first-order valence-corrected chi connectivity index (χ1v) is 6.78. The number of likely N-dealkylation sites (tertiary alicyclic amines) is 1. The number of carbonyl (C=O) groups excluding carboxylic acids is 1. The molecule has 2 fully saturated rings. The van der Waals surface area contributed by atoms with Gasteiger partial charge in [-0.1, -0.05) is 0 Å². The lowest BCUT2D eigenvalue weighted by atomic mass is 9.90. The molecule has 0 aromatic carbocycles. The maximum absolute atomic E-state index is 12.1. The molecule has 2 aliphatic rings. The van der Waals surface area contributed by atoms with Crippen molar-refractivity contribution in [3.05, 3.63) is 0 Å². The van der Waals surface area contributed by atoms with Gasteiger partial charge in [0, 0.05) is 24.8 Å². The molecule has 2 aliphatic heterocycles. The summed E-state index contributed by atoms with van der Waals surface area (Å²) in [4.78, 5) is 24.9. The zero-order valence-corrected chi connectivity index (χ0v) is 10.3. The number of hydrogen-bond acceptors (Lipinski definition) is 3. The van der Waals surface area contributed by atoms with Gasteiger partial charge in [-0.15, -0.1) is 0 Å². The van der Waals surface area contributed by atoms with Crippen LogP contribution in [0.4, 0.5) is 0 Å². The van der Waals surface area contributed by atoms with E-state index in [9.17, 15) is 9.59 Å². The van der Waals surface area contributed by atoms with Crippen LogP contribution in [0.2, 0.25) is 0 Å². The van der Waals surface area contributed by atoms with Crippen LogP contribution in [0, 0.1) is 11.3 Å². The van der Waals surface area contributed by atoms with E-state index in [4.69, 9.17) is 5.11 Å². The zero-order chi connectivity index (χ0) is 11.8. The summed E-state index contributed by atoms with van der Waals surface area (Å²) in [6, 6.07) is 0. The van der Waals surface area contributed by atoms with Gasteiger partial charge in [-0.05, 0) is 25.5 Å². The van der Waals surface area contributed by atoms with Crippen molar-refractivity contribution in [1.29, 1.82) is 0 Å². The van der Waals surface area contributed by atoms with Gasteiger partial charge in [0.05, 0.1) is 5.41 Å². The van der Waals surface area contributed by atoms with Crippen LogP contribution in [-0.4, -0.2) is 46.5 Å². The fourth-order valence-corrected chi connectivity index (χ4v) is 3.52. The van der Waals surface area contributed by atoms with Gasteiger partial charge in [0.25, 0.3) is 0 Å². The minimum Gasteiger partial charge on any atom is -0.481 e. The van der Waals surface area contributed by atoms with Crippen molar-refractivity contribution in [3.8, 4) is 0 Å². The highest BCUT2D eigenvalue weighted by atomic mass is 32.2. The molecule has 90 valence electrons. The predicted octanol–water partition coefficient (Wildman–Crippen LogP) is 1.06. The molecule has 0 radical (unpaired) electrons. The standard InChI is InChI=1S/C11H17NO3S/c1-11(10(14)15)3-4-12(7-11)9(13)8-2-5-16-6-8/h8H,2-7H2,1H3,(H,14,15). The van der Waals surface area contributed by atoms with E-state index in [1.807, 2.05) is 11.8 Å². The summed E-state index contributed by atoms with van der Waals surface area (Å²) in [7, 11) is 0. The molecular weight excluding hydrogens is 226 g/mol. The molecule has 1 amide bonds. The van der Waals surface area contributed by atoms with Gasteiger partial charge in [0.1, 0.15) is 0 Å². The smallest absolute Gasteiger partial charge is 0.311 e. The van der Waals surface area contributed by atoms with Gasteiger partial charge in [0.15, 0.2) is 0 Å². The Morgan fingerprint density at radius 1 is 1.50 bits per heavy atom. The Morgan fingerprint density at radius 3 is 2.75 bits per heavy atom. The Bertz CT molecular complexity index is 314. The number of aliphatic carboxylic acids is 1. The van der Waals surface area contributed by atoms with Crippen LogP contribution in [0.15, 0.2) is 0 Å². The molecule has 0 aromatic heterocycles. The molecule has 16 heavy (non-hydrogen) atoms. The van der Waals surface area contributed by atoms with Crippen molar-refractivity contribution in [1.82, 2.24) is 4.90 Å². The van der Waals surface area contributed by atoms with Crippen LogP contribution in [0.1, 0.15) is 19.8 Å². The van der Waals surface area contributed by atoms with Gasteiger partial charge >= 0.3 is 5.97 Å². The van der Waals surface area contributed by atoms with E-state index in [2.05, 4.69) is 0 Å². The average Bonchev–Trinajstić information content (AvgIpc) is 2.85. The first-order valence-electron chi connectivity index (χ1n) is 5.63. The van der Waals surface area contributed by atoms with E-state index >= 15 is 0 Å². The highest BCUT2D eigenvalue weighted by molar-refractivity contribution is 7.99. The Balaban J connectivity index is 1.97. The molecule has 1 N–H and O–H groups in total. The lowest BCUT2D eigenvalue weighted by Crippen LogP contribution is -2.38. The largest absolute Gasteiger partial charge is 0.481 e. The van der Waals surface area contributed by atoms with Crippen LogP contribution in [0.25, 0.3) is 0 Å². The van der Waals surface area contributed by atoms with Gasteiger partial charge in [-0.3, -0.25) is 9.59 Å². The fraction of sp³-hybridized carbons (Fsp3) is 0.818. The third kappa shape index (κ3) is 2.05. The molecule has 0 aromatic rings. The highest BCUT2D eigenvalue weighted by Crippen LogP contribution is 2.33. The van der Waals surface area contributed by atoms with Crippen molar-refractivity contribution in [2.24, 2.45) is 11.3 Å². The first kappa shape index (κ1) is 11.8. The number of carboxylic acid groups (broad SMARTS) is 1. The second-order valence-electron chi connectivity index (χ2n) is 4.94. The quantitative estimate of drug-likeness (QED) is 0.788. The normalized spacial score (nSPS) is 34.3. The summed E-state index contributed by atoms with van der Waals surface area (Å²) in [5, 5.41) is 9.10. The maximum atomic E-state index is 12.1. The van der Waals surface area contributed by atoms with E-state index in [1.54, 1.807) is 11.8 Å². The number of thioether (sulfide) groups is 1. The predicted molar refractivity (Wildman–Crippen MR) is 62.4 cm³/mol. The SMILES string of the molecule is CC1(C(=O)O)CCN(C(=O)C2CCSC2)C1. The van der Waals surface area contributed by atoms with E-state index in [0.717, 1.165) is 17.9 Å². The van der Waals surface area contributed by atoms with E-state index in [1.165, 1.54) is 0 Å². The number of nitrogens with zero attached hydrogens (tertiary/aromatic N) is 1. The maximum Gasteiger partial charge on any atom is 0.311 e. The Kier molecular flexibility index (Phi) is 3.15. The Morgan fingerprint density at radius 2 is 2.25 bits per heavy atom. The molecule has 2 atom stereocenters. The van der Waals surface area contributed by atoms with Crippen LogP contribution >= 0.6 is 11.8 Å². The number of hydrogen-bond donors (Lipinski definition) is 1. The molecule has 0 spiro atoms. The minimum absolute atomic E-state index is 0.126. The molecular formula is C11H17NO3S. The molecule has 2 saturated heterocycles. The monoisotopic (exact) mass is 243 g/mol. The minimum atomic E-state index is -0.788. The lowest BCUT2D eigenvalue weighted by molar-refractivity contribution is -0.147. The van der Waals surface area contributed by atoms with Crippen molar-refractivity contribution < 1.29 is 14.7 Å². The number of rotatable bonds is 2. The van der Waals surface area contributed by atoms with Gasteiger partial charge in [-0.2, -0.15) is 11.8 Å². The number of carboxylic acids is 1. The van der Waals surface area contributed by atoms with Crippen LogP contribution in [0.5, 0.6) is 0 Å². The van der Waals surface area contributed by atoms with Crippen LogP contribution < -0.4 is 0 Å². The number of amides is 1. The van der Waals surface area contributed by atoms with Gasteiger partial charge in [-0.25, -0.2) is 0 Å². The van der Waals surface area contributed by atoms with Crippen LogP contribution in [0.3, 0.4) is 0 Å². The summed E-state index contributed by atoms with van der Waals surface area (Å²) in [6.45, 7) is 2.71. The molecule has 5 heteroatoms. The topological polar surface area (TPSA) is 57.6 Å². The third-order valence-electron chi connectivity index (χ3n) is 3.58. The molecule has 0 saturated carbocycles. The van der Waals surface area contributed by atoms with Crippen molar-refractivity contribution >= 4 is 23.6 Å². The Labute approximate surface area is 99.4 Å². The molecule has 0 aliphatic carbocycles. The molecule has 2 rings (SSSR count). The average molecular weight is 243 g/mol. The molecule has 0 bridgehead atoms. The first-order chi connectivity index (χ1) is 7.53. The van der Waals surface area contributed by atoms with E-state index in [0.29, 0.717) is 19.5 Å². The van der Waals surface area contributed by atoms with Crippen molar-refractivity contribution in [2.45, 2.75) is 19.8 Å². The summed E-state index contributed by atoms with van der Waals surface area (Å²) < 4.78 is 0. The molecule has 4 nitrogen and oxygen atoms in total. The highest BCUT2D eigenvalue weighted by Gasteiger charge is 2.43. The second kappa shape index (κ2) is 4.28.